The Morgan fingerprint density at radius 1 is 0.685 bits per heavy atom. The third kappa shape index (κ3) is 11.4. The number of rotatable bonds is 18. The van der Waals surface area contributed by atoms with E-state index in [1.54, 1.807) is 47.5 Å². The van der Waals surface area contributed by atoms with Gasteiger partial charge in [-0.3, -0.25) is 38.7 Å². The summed E-state index contributed by atoms with van der Waals surface area (Å²) in [6.45, 7) is 3.12. The molecule has 0 spiro atoms. The van der Waals surface area contributed by atoms with Crippen molar-refractivity contribution in [3.63, 3.8) is 0 Å². The number of carbonyl (C=O) groups excluding carboxylic acids is 6. The maximum atomic E-state index is 14.1. The van der Waals surface area contributed by atoms with Gasteiger partial charge in [0.1, 0.15) is 13.2 Å². The number of benzene rings is 5. The van der Waals surface area contributed by atoms with Crippen molar-refractivity contribution in [3.05, 3.63) is 124 Å². The van der Waals surface area contributed by atoms with Gasteiger partial charge in [-0.15, -0.1) is 0 Å². The summed E-state index contributed by atoms with van der Waals surface area (Å²) >= 11 is 4.41. The van der Waals surface area contributed by atoms with Crippen LogP contribution in [0.3, 0.4) is 0 Å². The summed E-state index contributed by atoms with van der Waals surface area (Å²) in [6.07, 6.45) is 3.87. The number of nitrogens with one attached hydrogen (secondary N) is 5. The predicted octanol–water partition coefficient (Wildman–Crippen LogP) is 5.92. The minimum Gasteiger partial charge on any atom is -0.493 e. The summed E-state index contributed by atoms with van der Waals surface area (Å²) in [5.41, 5.74) is 7.35. The van der Waals surface area contributed by atoms with Gasteiger partial charge in [-0.05, 0) is 77.6 Å². The van der Waals surface area contributed by atoms with Crippen LogP contribution in [0.2, 0.25) is 0 Å². The molecule has 9 rings (SSSR count). The Morgan fingerprint density at radius 3 is 1.89 bits per heavy atom. The molecule has 5 aromatic carbocycles. The highest BCUT2D eigenvalue weighted by atomic mass is 32.1. The summed E-state index contributed by atoms with van der Waals surface area (Å²) in [7, 11) is 2.99. The molecule has 378 valence electrons. The zero-order valence-electron chi connectivity index (χ0n) is 40.8. The number of ether oxygens (including phenoxy) is 4. The molecule has 0 radical (unpaired) electrons. The van der Waals surface area contributed by atoms with Gasteiger partial charge in [0.15, 0.2) is 23.0 Å². The number of hydrogen-bond donors (Lipinski definition) is 6. The standard InChI is InChI=1S/C54H56N8O10S/c1-54(2,73)14-13-48(63)57-26-49(64)58-27-50(65)59-28-51(66)60-35-16-31(29-71-46-22-40-38(20-44(46)69-3)52(67)61-36(24-55-40)18-33-9-5-7-11-42(33)61)15-32(17-35)30-72-47-23-41-39(21-45(47)70-4)53(68)62-37(25-56-41)19-34-10-6-8-12-43(34)62/h5-12,15-17,20-24,36-37,56,73H,13-14,18-19,25-30H2,1-4H3,(H,57,63)(H,58,64)(H,59,65)(H,60,66)/t36-,37?/m0/s1. The highest BCUT2D eigenvalue weighted by molar-refractivity contribution is 7.81. The molecule has 1 unspecified atom stereocenters. The second kappa shape index (κ2) is 21.3. The van der Waals surface area contributed by atoms with Gasteiger partial charge in [0, 0.05) is 59.5 Å². The van der Waals surface area contributed by atoms with E-state index in [4.69, 9.17) is 23.9 Å². The fourth-order valence-corrected chi connectivity index (χ4v) is 9.41. The van der Waals surface area contributed by atoms with Gasteiger partial charge in [0.05, 0.1) is 68.4 Å². The Kier molecular flexibility index (Phi) is 14.6. The number of fused-ring (bicyclic) bond motifs is 8. The summed E-state index contributed by atoms with van der Waals surface area (Å²) in [5.74, 6) is -1.04. The first kappa shape index (κ1) is 49.9. The zero-order valence-corrected chi connectivity index (χ0v) is 41.7. The lowest BCUT2D eigenvalue weighted by atomic mass is 10.1. The first-order valence-corrected chi connectivity index (χ1v) is 24.3. The third-order valence-electron chi connectivity index (χ3n) is 12.9. The summed E-state index contributed by atoms with van der Waals surface area (Å²) in [5, 5.41) is 13.7. The molecule has 4 aliphatic heterocycles. The molecule has 4 aliphatic rings. The fourth-order valence-electron chi connectivity index (χ4n) is 9.30. The molecule has 4 heterocycles. The number of thiol groups is 1. The van der Waals surface area contributed by atoms with Gasteiger partial charge in [-0.2, -0.15) is 12.6 Å². The van der Waals surface area contributed by atoms with E-state index in [9.17, 15) is 28.8 Å². The molecule has 0 saturated carbocycles. The minimum atomic E-state index is -0.620. The molecule has 5 N–H and O–H groups in total. The second-order valence-corrected chi connectivity index (χ2v) is 20.0. The van der Waals surface area contributed by atoms with Crippen LogP contribution >= 0.6 is 12.6 Å². The van der Waals surface area contributed by atoms with Gasteiger partial charge in [0.25, 0.3) is 11.8 Å². The lowest BCUT2D eigenvalue weighted by Crippen LogP contribution is -2.43. The SMILES string of the molecule is COc1cc2c(cc1OCc1cc(COc3cc4c(cc3OC)C(=O)N3c5ccccc5CC3CN4)cc(NC(=O)CNC(=O)CNC(=O)CNC(=O)CCC(C)(C)S)c1)N=C[C@@H]1Cc3ccccc3N1C2=O. The van der Waals surface area contributed by atoms with Gasteiger partial charge in [-0.1, -0.05) is 50.2 Å². The topological polar surface area (TPSA) is 218 Å². The van der Waals surface area contributed by atoms with Crippen molar-refractivity contribution in [2.75, 3.05) is 60.8 Å². The predicted molar refractivity (Wildman–Crippen MR) is 279 cm³/mol. The normalized spacial score (nSPS) is 16.0. The fraction of sp³-hybridized carbons (Fsp3) is 0.315. The Bertz CT molecular complexity index is 3050. The van der Waals surface area contributed by atoms with Crippen LogP contribution in [0.15, 0.2) is 96.0 Å². The van der Waals surface area contributed by atoms with Crippen molar-refractivity contribution < 1.29 is 47.7 Å². The van der Waals surface area contributed by atoms with Crippen LogP contribution in [0.5, 0.6) is 23.0 Å². The van der Waals surface area contributed by atoms with Crippen LogP contribution in [0.4, 0.5) is 28.4 Å². The molecule has 73 heavy (non-hydrogen) atoms. The monoisotopic (exact) mass is 1010 g/mol. The number of para-hydroxylation sites is 2. The Labute approximate surface area is 427 Å². The van der Waals surface area contributed by atoms with Gasteiger partial charge in [0.2, 0.25) is 23.6 Å². The van der Waals surface area contributed by atoms with Crippen LogP contribution in [0, 0.1) is 0 Å². The molecule has 5 aromatic rings. The average molecular weight is 1010 g/mol. The largest absolute Gasteiger partial charge is 0.493 e. The number of amides is 6. The molecule has 0 fully saturated rings. The first-order chi connectivity index (χ1) is 35.1. The van der Waals surface area contributed by atoms with E-state index in [1.165, 1.54) is 14.2 Å². The maximum absolute atomic E-state index is 14.1. The lowest BCUT2D eigenvalue weighted by molar-refractivity contribution is -0.128. The third-order valence-corrected chi connectivity index (χ3v) is 13.1. The smallest absolute Gasteiger partial charge is 0.261 e. The van der Waals surface area contributed by atoms with E-state index in [1.807, 2.05) is 73.3 Å². The van der Waals surface area contributed by atoms with E-state index in [0.717, 1.165) is 28.9 Å². The molecule has 0 bridgehead atoms. The highest BCUT2D eigenvalue weighted by Gasteiger charge is 2.39. The zero-order chi connectivity index (χ0) is 51.4. The number of anilines is 4. The molecule has 18 nitrogen and oxygen atoms in total. The second-order valence-electron chi connectivity index (χ2n) is 18.8. The van der Waals surface area contributed by atoms with Gasteiger partial charge in [-0.25, -0.2) is 0 Å². The van der Waals surface area contributed by atoms with Crippen molar-refractivity contribution in [2.24, 2.45) is 4.99 Å². The van der Waals surface area contributed by atoms with Crippen molar-refractivity contribution in [1.29, 1.82) is 0 Å². The quantitative estimate of drug-likeness (QED) is 0.0566. The molecule has 19 heteroatoms. The highest BCUT2D eigenvalue weighted by Crippen LogP contribution is 2.43. The van der Waals surface area contributed by atoms with Crippen molar-refractivity contribution in [3.8, 4) is 23.0 Å². The Balaban J connectivity index is 0.902. The number of hydrogen-bond acceptors (Lipinski definition) is 13. The average Bonchev–Trinajstić information content (AvgIpc) is 3.87. The number of nitrogens with zero attached hydrogens (tertiary/aromatic N) is 3. The molecular formula is C54H56N8O10S. The van der Waals surface area contributed by atoms with Crippen molar-refractivity contribution >= 4 is 82.7 Å². The van der Waals surface area contributed by atoms with E-state index >= 15 is 0 Å². The van der Waals surface area contributed by atoms with Crippen LogP contribution < -0.4 is 55.3 Å². The van der Waals surface area contributed by atoms with E-state index in [0.29, 0.717) is 81.7 Å². The summed E-state index contributed by atoms with van der Waals surface area (Å²) < 4.78 is 24.0. The molecule has 6 amide bonds. The molecule has 0 aliphatic carbocycles. The van der Waals surface area contributed by atoms with Crippen molar-refractivity contribution in [2.45, 2.75) is 69.6 Å². The molecular weight excluding hydrogens is 953 g/mol. The lowest BCUT2D eigenvalue weighted by Gasteiger charge is -2.22. The van der Waals surface area contributed by atoms with E-state index < -0.39 is 30.8 Å². The molecule has 0 aromatic heterocycles. The van der Waals surface area contributed by atoms with Gasteiger partial charge < -0.3 is 50.4 Å². The van der Waals surface area contributed by atoms with E-state index in [-0.39, 0.29) is 60.7 Å². The Morgan fingerprint density at radius 2 is 1.25 bits per heavy atom. The number of aliphatic imine (C=N–C) groups is 1. The summed E-state index contributed by atoms with van der Waals surface area (Å²) in [6, 6.07) is 27.4. The number of methoxy groups -OCH3 is 2. The summed E-state index contributed by atoms with van der Waals surface area (Å²) in [4.78, 5) is 86.8. The Hall–Kier alpha value is -8.06. The van der Waals surface area contributed by atoms with E-state index in [2.05, 4.69) is 39.2 Å². The minimum absolute atomic E-state index is 0.00815. The van der Waals surface area contributed by atoms with Crippen LogP contribution in [0.25, 0.3) is 0 Å². The van der Waals surface area contributed by atoms with Crippen LogP contribution in [-0.4, -0.2) is 98.9 Å². The van der Waals surface area contributed by atoms with Crippen LogP contribution in [0.1, 0.15) is 69.7 Å². The molecule has 0 saturated heterocycles. The number of carbonyl (C=O) groups is 6. The van der Waals surface area contributed by atoms with Crippen molar-refractivity contribution in [1.82, 2.24) is 16.0 Å². The molecule has 2 atom stereocenters. The first-order valence-electron chi connectivity index (χ1n) is 23.9. The van der Waals surface area contributed by atoms with Crippen LogP contribution in [-0.2, 0) is 45.2 Å². The maximum Gasteiger partial charge on any atom is 0.261 e. The van der Waals surface area contributed by atoms with Gasteiger partial charge >= 0.3 is 0 Å².